The van der Waals surface area contributed by atoms with Crippen molar-refractivity contribution in [2.75, 3.05) is 45.8 Å². The molecule has 6 nitrogen and oxygen atoms in total. The van der Waals surface area contributed by atoms with Gasteiger partial charge >= 0.3 is 0 Å². The Morgan fingerprint density at radius 2 is 1.68 bits per heavy atom. The van der Waals surface area contributed by atoms with Gasteiger partial charge in [0.2, 0.25) is 5.91 Å². The Hall–Kier alpha value is -2.38. The normalized spacial score (nSPS) is 22.9. The van der Waals surface area contributed by atoms with E-state index in [1.807, 2.05) is 17.0 Å². The smallest absolute Gasteiger partial charge is 0.237 e. The number of piperazine rings is 1. The molecule has 3 aliphatic heterocycles. The van der Waals surface area contributed by atoms with Gasteiger partial charge in [0, 0.05) is 43.5 Å². The van der Waals surface area contributed by atoms with Crippen LogP contribution in [0.15, 0.2) is 42.4 Å². The Bertz CT molecular complexity index is 1010. The average Bonchev–Trinajstić information content (AvgIpc) is 2.94. The number of piperidine rings is 2. The van der Waals surface area contributed by atoms with Crippen molar-refractivity contribution in [1.82, 2.24) is 19.6 Å². The van der Waals surface area contributed by atoms with Crippen molar-refractivity contribution < 1.29 is 9.18 Å². The number of allylic oxidation sites excluding steroid dienone is 1. The number of benzene rings is 1. The van der Waals surface area contributed by atoms with Gasteiger partial charge in [-0.2, -0.15) is 0 Å². The summed E-state index contributed by atoms with van der Waals surface area (Å²) in [5.74, 6) is 1.18. The second-order valence-electron chi connectivity index (χ2n) is 11.8. The first-order valence-electron chi connectivity index (χ1n) is 14.7. The molecule has 3 saturated heterocycles. The Morgan fingerprint density at radius 1 is 1.05 bits per heavy atom. The van der Waals surface area contributed by atoms with Crippen LogP contribution in [0.2, 0.25) is 0 Å². The molecule has 0 bridgehead atoms. The number of nitrogens with two attached hydrogens (primary N) is 1. The molecule has 1 atom stereocenters. The summed E-state index contributed by atoms with van der Waals surface area (Å²) < 4.78 is 14.0. The summed E-state index contributed by atoms with van der Waals surface area (Å²) in [4.78, 5) is 22.2. The fourth-order valence-corrected chi connectivity index (χ4v) is 6.56. The molecule has 0 aromatic heterocycles. The van der Waals surface area contributed by atoms with Gasteiger partial charge in [0.05, 0.1) is 12.1 Å². The number of amides is 1. The highest BCUT2D eigenvalue weighted by Crippen LogP contribution is 2.40. The van der Waals surface area contributed by atoms with Crippen LogP contribution >= 0.6 is 0 Å². The van der Waals surface area contributed by atoms with Crippen LogP contribution in [-0.2, 0) is 4.79 Å². The van der Waals surface area contributed by atoms with E-state index in [1.54, 1.807) is 12.1 Å². The number of hydrogen-bond acceptors (Lipinski definition) is 5. The van der Waals surface area contributed by atoms with E-state index in [4.69, 9.17) is 5.73 Å². The molecule has 4 rings (SSSR count). The predicted molar refractivity (Wildman–Crippen MR) is 153 cm³/mol. The third kappa shape index (κ3) is 5.79. The summed E-state index contributed by atoms with van der Waals surface area (Å²) in [5, 5.41) is 0. The van der Waals surface area contributed by atoms with Crippen molar-refractivity contribution in [2.45, 2.75) is 77.8 Å². The molecule has 2 N–H and O–H groups in total. The minimum absolute atomic E-state index is 0.00286. The summed E-state index contributed by atoms with van der Waals surface area (Å²) in [6, 6.07) is 7.60. The summed E-state index contributed by atoms with van der Waals surface area (Å²) in [6.45, 7) is 18.8. The van der Waals surface area contributed by atoms with Gasteiger partial charge in [0.1, 0.15) is 11.6 Å². The summed E-state index contributed by atoms with van der Waals surface area (Å²) in [7, 11) is 0. The van der Waals surface area contributed by atoms with Crippen molar-refractivity contribution in [2.24, 2.45) is 11.7 Å². The molecule has 1 aromatic rings. The van der Waals surface area contributed by atoms with E-state index in [0.29, 0.717) is 19.1 Å². The zero-order valence-corrected chi connectivity index (χ0v) is 24.0. The molecular weight excluding hydrogens is 477 g/mol. The molecule has 0 aliphatic carbocycles. The van der Waals surface area contributed by atoms with E-state index in [9.17, 15) is 9.18 Å². The van der Waals surface area contributed by atoms with Gasteiger partial charge in [0.15, 0.2) is 0 Å². The molecule has 210 valence electrons. The maximum Gasteiger partial charge on any atom is 0.237 e. The lowest BCUT2D eigenvalue weighted by molar-refractivity contribution is -0.136. The van der Waals surface area contributed by atoms with Crippen LogP contribution in [0.3, 0.4) is 0 Å². The average molecular weight is 526 g/mol. The molecule has 0 saturated carbocycles. The molecule has 3 heterocycles. The number of hydrogen-bond donors (Lipinski definition) is 1. The number of carbonyl (C=O) groups excluding carboxylic acids is 1. The zero-order chi connectivity index (χ0) is 27.4. The predicted octanol–water partition coefficient (Wildman–Crippen LogP) is 4.89. The van der Waals surface area contributed by atoms with Gasteiger partial charge in [-0.05, 0) is 82.7 Å². The van der Waals surface area contributed by atoms with E-state index >= 15 is 0 Å². The minimum atomic E-state index is -0.560. The largest absolute Gasteiger partial charge is 0.358 e. The van der Waals surface area contributed by atoms with Crippen molar-refractivity contribution in [3.8, 4) is 0 Å². The first kappa shape index (κ1) is 28.6. The minimum Gasteiger partial charge on any atom is -0.358 e. The van der Waals surface area contributed by atoms with Gasteiger partial charge < -0.3 is 25.3 Å². The molecule has 1 aromatic carbocycles. The SMILES string of the molecule is C=C1N(C(=C(c2ccc(F)cc2)C(C)CC)N2CCC(N3CCCCC3)CC2)CCN(C(=O)CN)C1(C)C. The molecule has 3 fully saturated rings. The lowest BCUT2D eigenvalue weighted by Crippen LogP contribution is -2.61. The summed E-state index contributed by atoms with van der Waals surface area (Å²) >= 11 is 0. The van der Waals surface area contributed by atoms with E-state index < -0.39 is 5.54 Å². The highest BCUT2D eigenvalue weighted by atomic mass is 19.1. The first-order chi connectivity index (χ1) is 18.2. The molecule has 0 spiro atoms. The van der Waals surface area contributed by atoms with Crippen LogP contribution in [0, 0.1) is 11.7 Å². The number of rotatable bonds is 7. The second-order valence-corrected chi connectivity index (χ2v) is 11.8. The molecule has 0 radical (unpaired) electrons. The third-order valence-corrected chi connectivity index (χ3v) is 9.16. The van der Waals surface area contributed by atoms with Crippen LogP contribution in [0.4, 0.5) is 4.39 Å². The third-order valence-electron chi connectivity index (χ3n) is 9.16. The summed E-state index contributed by atoms with van der Waals surface area (Å²) in [5.41, 5.74) is 8.40. The van der Waals surface area contributed by atoms with E-state index in [0.717, 1.165) is 43.6 Å². The van der Waals surface area contributed by atoms with Crippen molar-refractivity contribution in [1.29, 1.82) is 0 Å². The number of likely N-dealkylation sites (tertiary alicyclic amines) is 2. The molecule has 7 heteroatoms. The fraction of sp³-hybridized carbons (Fsp3) is 0.645. The molecule has 1 unspecified atom stereocenters. The van der Waals surface area contributed by atoms with Crippen LogP contribution < -0.4 is 5.73 Å². The Kier molecular flexibility index (Phi) is 9.19. The van der Waals surface area contributed by atoms with Crippen molar-refractivity contribution in [3.63, 3.8) is 0 Å². The van der Waals surface area contributed by atoms with Gasteiger partial charge in [-0.15, -0.1) is 0 Å². The zero-order valence-electron chi connectivity index (χ0n) is 24.0. The van der Waals surface area contributed by atoms with E-state index in [1.165, 1.54) is 43.7 Å². The Morgan fingerprint density at radius 3 is 2.26 bits per heavy atom. The van der Waals surface area contributed by atoms with Gasteiger partial charge in [-0.25, -0.2) is 4.39 Å². The van der Waals surface area contributed by atoms with Gasteiger partial charge in [0.25, 0.3) is 0 Å². The standard InChI is InChI=1S/C31H48FN5O/c1-6-23(2)29(25-10-12-26(32)13-11-25)30(35-18-14-27(15-19-35)34-16-8-7-9-17-34)36-20-21-37(28(38)22-33)31(4,5)24(36)3/h10-13,23,27H,3,6-9,14-22,33H2,1-2,4-5H3. The van der Waals surface area contributed by atoms with E-state index in [-0.39, 0.29) is 24.2 Å². The maximum atomic E-state index is 14.0. The van der Waals surface area contributed by atoms with Crippen LogP contribution in [0.5, 0.6) is 0 Å². The van der Waals surface area contributed by atoms with Crippen LogP contribution in [0.25, 0.3) is 5.57 Å². The highest BCUT2D eigenvalue weighted by Gasteiger charge is 2.42. The molecule has 3 aliphatic rings. The van der Waals surface area contributed by atoms with Gasteiger partial charge in [-0.1, -0.05) is 39.0 Å². The van der Waals surface area contributed by atoms with Crippen molar-refractivity contribution >= 4 is 11.5 Å². The molecule has 1 amide bonds. The quantitative estimate of drug-likeness (QED) is 0.550. The monoisotopic (exact) mass is 525 g/mol. The van der Waals surface area contributed by atoms with Crippen molar-refractivity contribution in [3.05, 3.63) is 53.7 Å². The maximum absolute atomic E-state index is 14.0. The van der Waals surface area contributed by atoms with Gasteiger partial charge in [-0.3, -0.25) is 4.79 Å². The Labute approximate surface area is 229 Å². The van der Waals surface area contributed by atoms with E-state index in [2.05, 4.69) is 49.0 Å². The number of halogens is 1. The molecular formula is C31H48FN5O. The lowest BCUT2D eigenvalue weighted by Gasteiger charge is -2.53. The number of nitrogens with zero attached hydrogens (tertiary/aromatic N) is 4. The first-order valence-corrected chi connectivity index (χ1v) is 14.7. The second kappa shape index (κ2) is 12.2. The fourth-order valence-electron chi connectivity index (χ4n) is 6.56. The lowest BCUT2D eigenvalue weighted by atomic mass is 9.88. The highest BCUT2D eigenvalue weighted by molar-refractivity contribution is 5.79. The number of carbonyl (C=O) groups is 1. The van der Waals surface area contributed by atoms with Crippen LogP contribution in [0.1, 0.15) is 71.8 Å². The summed E-state index contributed by atoms with van der Waals surface area (Å²) in [6.07, 6.45) is 7.24. The Balaban J connectivity index is 1.74. The van der Waals surface area contributed by atoms with Crippen LogP contribution in [-0.4, -0.2) is 82.9 Å². The topological polar surface area (TPSA) is 56.0 Å². The molecule has 38 heavy (non-hydrogen) atoms.